The Bertz CT molecular complexity index is 768. The molecule has 1 amide bonds. The Morgan fingerprint density at radius 2 is 2.15 bits per heavy atom. The summed E-state index contributed by atoms with van der Waals surface area (Å²) in [6.45, 7) is 2.48. The number of hydrogen-bond donors (Lipinski definition) is 2. The molecule has 1 aromatic heterocycles. The van der Waals surface area contributed by atoms with Gasteiger partial charge in [0.1, 0.15) is 6.04 Å². The Morgan fingerprint density at radius 1 is 1.26 bits per heavy atom. The quantitative estimate of drug-likeness (QED) is 0.819. The van der Waals surface area contributed by atoms with Crippen LogP contribution in [-0.4, -0.2) is 53.8 Å². The molecule has 0 bridgehead atoms. The molecule has 3 atom stereocenters. The highest BCUT2D eigenvalue weighted by molar-refractivity contribution is 5.82. The second kappa shape index (κ2) is 8.42. The summed E-state index contributed by atoms with van der Waals surface area (Å²) in [6.07, 6.45) is 7.71. The summed E-state index contributed by atoms with van der Waals surface area (Å²) in [5.41, 5.74) is 7.74. The molecule has 2 N–H and O–H groups in total. The Hall–Kier alpha value is -1.89. The summed E-state index contributed by atoms with van der Waals surface area (Å²) in [4.78, 5) is 14.6. The van der Waals surface area contributed by atoms with Crippen molar-refractivity contribution in [3.63, 3.8) is 0 Å². The van der Waals surface area contributed by atoms with Crippen LogP contribution in [0.1, 0.15) is 32.1 Å². The first-order chi connectivity index (χ1) is 13.2. The number of likely N-dealkylation sites (N-methyl/N-ethyl adjacent to an activating group) is 1. The number of hydrazine groups is 1. The van der Waals surface area contributed by atoms with Gasteiger partial charge < -0.3 is 14.2 Å². The lowest BCUT2D eigenvalue weighted by molar-refractivity contribution is -0.132. The van der Waals surface area contributed by atoms with Crippen LogP contribution < -0.4 is 10.9 Å². The number of ether oxygens (including phenoxy) is 1. The van der Waals surface area contributed by atoms with Crippen molar-refractivity contribution < 1.29 is 9.53 Å². The third-order valence-electron chi connectivity index (χ3n) is 5.81. The average Bonchev–Trinajstić information content (AvgIpc) is 3.34. The molecule has 4 rings (SSSR count). The third kappa shape index (κ3) is 4.34. The van der Waals surface area contributed by atoms with Gasteiger partial charge in [-0.05, 0) is 49.6 Å². The molecule has 2 aromatic rings. The van der Waals surface area contributed by atoms with E-state index in [0.29, 0.717) is 6.10 Å². The van der Waals surface area contributed by atoms with Crippen molar-refractivity contribution in [3.8, 4) is 0 Å². The maximum absolute atomic E-state index is 12.8. The third-order valence-corrected chi connectivity index (χ3v) is 5.81. The lowest BCUT2D eigenvalue weighted by Crippen LogP contribution is -2.45. The van der Waals surface area contributed by atoms with E-state index < -0.39 is 0 Å². The van der Waals surface area contributed by atoms with Gasteiger partial charge in [-0.2, -0.15) is 0 Å². The van der Waals surface area contributed by atoms with E-state index in [9.17, 15) is 4.79 Å². The summed E-state index contributed by atoms with van der Waals surface area (Å²) < 4.78 is 8.03. The molecule has 146 valence electrons. The lowest BCUT2D eigenvalue weighted by atomic mass is 10.1. The van der Waals surface area contributed by atoms with Crippen LogP contribution in [0.4, 0.5) is 0 Å². The molecule has 0 aliphatic carbocycles. The van der Waals surface area contributed by atoms with Crippen molar-refractivity contribution >= 4 is 16.8 Å². The van der Waals surface area contributed by atoms with E-state index in [0.717, 1.165) is 39.0 Å². The summed E-state index contributed by atoms with van der Waals surface area (Å²) >= 11 is 0. The van der Waals surface area contributed by atoms with Crippen LogP contribution in [-0.2, 0) is 16.1 Å². The smallest absolute Gasteiger partial charge is 0.240 e. The fraction of sp³-hybridized carbons (Fsp3) is 0.571. The van der Waals surface area contributed by atoms with Crippen LogP contribution in [0.15, 0.2) is 36.5 Å². The Kier molecular flexibility index (Phi) is 5.76. The first-order valence-corrected chi connectivity index (χ1v) is 10.1. The van der Waals surface area contributed by atoms with E-state index in [4.69, 9.17) is 4.74 Å². The Morgan fingerprint density at radius 3 is 3.00 bits per heavy atom. The molecule has 3 unspecified atom stereocenters. The molecular weight excluding hydrogens is 340 g/mol. The first kappa shape index (κ1) is 18.5. The number of nitrogens with one attached hydrogen (secondary N) is 2. The van der Waals surface area contributed by atoms with Gasteiger partial charge in [0, 0.05) is 44.5 Å². The second-order valence-corrected chi connectivity index (χ2v) is 7.84. The van der Waals surface area contributed by atoms with E-state index in [1.165, 1.54) is 23.7 Å². The summed E-state index contributed by atoms with van der Waals surface area (Å²) in [5.74, 6) is 0.165. The van der Waals surface area contributed by atoms with Crippen LogP contribution in [0.2, 0.25) is 0 Å². The summed E-state index contributed by atoms with van der Waals surface area (Å²) in [6, 6.07) is 10.6. The average molecular weight is 370 g/mol. The number of hydrogen-bond acceptors (Lipinski definition) is 4. The SMILES string of the molecule is CN(CCC1CCCCO1)C(=O)C1CC(Cn2ccc3ccccc32)NN1. The Balaban J connectivity index is 1.27. The molecule has 3 heterocycles. The van der Waals surface area contributed by atoms with Gasteiger partial charge in [-0.25, -0.2) is 5.43 Å². The number of fused-ring (bicyclic) bond motifs is 1. The minimum absolute atomic E-state index is 0.158. The number of amides is 1. The van der Waals surface area contributed by atoms with Gasteiger partial charge in [0.15, 0.2) is 0 Å². The number of para-hydroxylation sites is 1. The standard InChI is InChI=1S/C21H30N4O2/c1-24(11-10-18-7-4-5-13-27-18)21(26)19-14-17(22-23-19)15-25-12-9-16-6-2-3-8-20(16)25/h2-3,6,8-9,12,17-19,22-23H,4-5,7,10-11,13-15H2,1H3. The topological polar surface area (TPSA) is 58.5 Å². The van der Waals surface area contributed by atoms with E-state index in [2.05, 4.69) is 51.9 Å². The Labute approximate surface area is 160 Å². The number of rotatable bonds is 6. The fourth-order valence-corrected chi connectivity index (χ4v) is 4.19. The molecule has 6 nitrogen and oxygen atoms in total. The van der Waals surface area contributed by atoms with Crippen LogP contribution in [0.25, 0.3) is 10.9 Å². The molecule has 0 spiro atoms. The monoisotopic (exact) mass is 370 g/mol. The molecule has 0 saturated carbocycles. The summed E-state index contributed by atoms with van der Waals surface area (Å²) in [5, 5.41) is 1.25. The predicted octanol–water partition coefficient (Wildman–Crippen LogP) is 2.29. The van der Waals surface area contributed by atoms with Gasteiger partial charge >= 0.3 is 0 Å². The molecule has 0 radical (unpaired) electrons. The van der Waals surface area contributed by atoms with Gasteiger partial charge in [0.25, 0.3) is 0 Å². The van der Waals surface area contributed by atoms with Gasteiger partial charge in [-0.1, -0.05) is 18.2 Å². The summed E-state index contributed by atoms with van der Waals surface area (Å²) in [7, 11) is 1.90. The van der Waals surface area contributed by atoms with Crippen LogP contribution in [0, 0.1) is 0 Å². The van der Waals surface area contributed by atoms with Gasteiger partial charge in [-0.15, -0.1) is 0 Å². The zero-order valence-electron chi connectivity index (χ0n) is 16.1. The highest BCUT2D eigenvalue weighted by Gasteiger charge is 2.31. The lowest BCUT2D eigenvalue weighted by Gasteiger charge is -2.26. The van der Waals surface area contributed by atoms with Gasteiger partial charge in [0.05, 0.1) is 6.10 Å². The predicted molar refractivity (Wildman–Crippen MR) is 106 cm³/mol. The van der Waals surface area contributed by atoms with Crippen molar-refractivity contribution in [1.29, 1.82) is 0 Å². The van der Waals surface area contributed by atoms with E-state index in [1.807, 2.05) is 11.9 Å². The highest BCUT2D eigenvalue weighted by Crippen LogP contribution is 2.19. The molecule has 2 saturated heterocycles. The minimum atomic E-state index is -0.158. The molecule has 2 aliphatic rings. The van der Waals surface area contributed by atoms with Crippen molar-refractivity contribution in [3.05, 3.63) is 36.5 Å². The molecule has 27 heavy (non-hydrogen) atoms. The largest absolute Gasteiger partial charge is 0.378 e. The van der Waals surface area contributed by atoms with E-state index in [-0.39, 0.29) is 18.0 Å². The van der Waals surface area contributed by atoms with Crippen molar-refractivity contribution in [1.82, 2.24) is 20.3 Å². The van der Waals surface area contributed by atoms with Crippen molar-refractivity contribution in [2.75, 3.05) is 20.2 Å². The van der Waals surface area contributed by atoms with Gasteiger partial charge in [0.2, 0.25) is 5.91 Å². The zero-order chi connectivity index (χ0) is 18.6. The first-order valence-electron chi connectivity index (χ1n) is 10.1. The number of aromatic nitrogens is 1. The number of nitrogens with zero attached hydrogens (tertiary/aromatic N) is 2. The van der Waals surface area contributed by atoms with E-state index >= 15 is 0 Å². The van der Waals surface area contributed by atoms with Crippen molar-refractivity contribution in [2.45, 2.75) is 56.8 Å². The van der Waals surface area contributed by atoms with Crippen LogP contribution >= 0.6 is 0 Å². The van der Waals surface area contributed by atoms with Crippen LogP contribution in [0.5, 0.6) is 0 Å². The zero-order valence-corrected chi connectivity index (χ0v) is 16.1. The molecule has 6 heteroatoms. The molecular formula is C21H30N4O2. The number of carbonyl (C=O) groups is 1. The highest BCUT2D eigenvalue weighted by atomic mass is 16.5. The molecule has 2 fully saturated rings. The molecule has 2 aliphatic heterocycles. The maximum atomic E-state index is 12.8. The number of carbonyl (C=O) groups excluding carboxylic acids is 1. The normalized spacial score (nSPS) is 25.7. The van der Waals surface area contributed by atoms with E-state index in [1.54, 1.807) is 0 Å². The molecule has 1 aromatic carbocycles. The number of benzene rings is 1. The minimum Gasteiger partial charge on any atom is -0.378 e. The van der Waals surface area contributed by atoms with Crippen LogP contribution in [0.3, 0.4) is 0 Å². The second-order valence-electron chi connectivity index (χ2n) is 7.84. The fourth-order valence-electron chi connectivity index (χ4n) is 4.19. The van der Waals surface area contributed by atoms with Crippen molar-refractivity contribution in [2.24, 2.45) is 0 Å². The maximum Gasteiger partial charge on any atom is 0.240 e. The van der Waals surface area contributed by atoms with Gasteiger partial charge in [-0.3, -0.25) is 10.2 Å².